The summed E-state index contributed by atoms with van der Waals surface area (Å²) in [5, 5.41) is 1.32. The zero-order chi connectivity index (χ0) is 8.27. The van der Waals surface area contributed by atoms with E-state index in [1.54, 1.807) is 0 Å². The Labute approximate surface area is 79.3 Å². The zero-order valence-corrected chi connectivity index (χ0v) is 9.28. The number of aryl methyl sites for hydroxylation is 1. The van der Waals surface area contributed by atoms with Crippen molar-refractivity contribution in [3.8, 4) is 0 Å². The van der Waals surface area contributed by atoms with Gasteiger partial charge in [-0.15, -0.1) is 23.2 Å². The van der Waals surface area contributed by atoms with Crippen LogP contribution in [0.4, 0.5) is 0 Å². The average molecular weight is 205 g/mol. The highest BCUT2D eigenvalue weighted by atomic mass is 35.5. The summed E-state index contributed by atoms with van der Waals surface area (Å²) in [7, 11) is -0.462. The van der Waals surface area contributed by atoms with Gasteiger partial charge in [0.25, 0.3) is 0 Å². The zero-order valence-electron chi connectivity index (χ0n) is 6.35. The Morgan fingerprint density at radius 1 is 1.18 bits per heavy atom. The maximum absolute atomic E-state index is 5.68. The number of hydrogen-bond acceptors (Lipinski definition) is 0. The lowest BCUT2D eigenvalue weighted by molar-refractivity contribution is 1.49. The first-order valence-electron chi connectivity index (χ1n) is 3.52. The lowest BCUT2D eigenvalue weighted by Crippen LogP contribution is -2.19. The van der Waals surface area contributed by atoms with Gasteiger partial charge in [0.2, 0.25) is 0 Å². The van der Waals surface area contributed by atoms with Crippen LogP contribution in [0.25, 0.3) is 0 Å². The van der Waals surface area contributed by atoms with Gasteiger partial charge in [-0.05, 0) is 6.92 Å². The summed E-state index contributed by atoms with van der Waals surface area (Å²) in [5.74, 6) is 0. The van der Waals surface area contributed by atoms with Crippen LogP contribution >= 0.6 is 23.2 Å². The average Bonchev–Trinajstić information content (AvgIpc) is 1.93. The highest BCUT2D eigenvalue weighted by molar-refractivity contribution is 6.75. The molecule has 0 saturated heterocycles. The van der Waals surface area contributed by atoms with Crippen molar-refractivity contribution in [2.24, 2.45) is 0 Å². The lowest BCUT2D eigenvalue weighted by atomic mass is 10.2. The summed E-state index contributed by atoms with van der Waals surface area (Å²) in [5.41, 5.74) is 1.28. The molecule has 1 aromatic carbocycles. The Kier molecular flexibility index (Phi) is 3.43. The number of hydrogen-bond donors (Lipinski definition) is 0. The summed E-state index contributed by atoms with van der Waals surface area (Å²) in [4.78, 5) is 0. The quantitative estimate of drug-likeness (QED) is 0.507. The van der Waals surface area contributed by atoms with Crippen molar-refractivity contribution in [2.75, 3.05) is 0 Å². The molecule has 0 N–H and O–H groups in total. The van der Waals surface area contributed by atoms with Crippen LogP contribution in [0.1, 0.15) is 5.56 Å². The van der Waals surface area contributed by atoms with Crippen LogP contribution in [0, 0.1) is 6.92 Å². The molecule has 0 atom stereocenters. The van der Waals surface area contributed by atoms with Crippen LogP contribution in [0.5, 0.6) is 0 Å². The van der Waals surface area contributed by atoms with Gasteiger partial charge in [-0.3, -0.25) is 0 Å². The van der Waals surface area contributed by atoms with Gasteiger partial charge in [0.15, 0.2) is 0 Å². The summed E-state index contributed by atoms with van der Waals surface area (Å²) >= 11 is 11.4. The van der Waals surface area contributed by atoms with E-state index in [0.29, 0.717) is 0 Å². The summed E-state index contributed by atoms with van der Waals surface area (Å²) in [6, 6.07) is 8.41. The predicted molar refractivity (Wildman–Crippen MR) is 54.9 cm³/mol. The Bertz CT molecular complexity index is 218. The predicted octanol–water partition coefficient (Wildman–Crippen LogP) is 1.55. The number of benzene rings is 1. The van der Waals surface area contributed by atoms with Crippen LogP contribution in [0.2, 0.25) is 0 Å². The molecule has 0 nitrogen and oxygen atoms in total. The first-order chi connectivity index (χ1) is 5.18. The molecule has 0 aliphatic rings. The van der Waals surface area contributed by atoms with Crippen molar-refractivity contribution in [3.63, 3.8) is 0 Å². The molecule has 0 aliphatic carbocycles. The van der Waals surface area contributed by atoms with Crippen molar-refractivity contribution in [2.45, 2.75) is 11.4 Å². The van der Waals surface area contributed by atoms with Gasteiger partial charge in [-0.1, -0.05) is 35.0 Å². The van der Waals surface area contributed by atoms with E-state index in [2.05, 4.69) is 31.2 Å². The smallest absolute Gasteiger partial charge is 0.0957 e. The second-order valence-electron chi connectivity index (χ2n) is 2.58. The lowest BCUT2D eigenvalue weighted by Gasteiger charge is -2.00. The maximum atomic E-state index is 5.68. The minimum atomic E-state index is -0.462. The fourth-order valence-corrected chi connectivity index (χ4v) is 2.84. The van der Waals surface area contributed by atoms with E-state index >= 15 is 0 Å². The normalized spacial score (nSPS) is 11.6. The van der Waals surface area contributed by atoms with Gasteiger partial charge in [0, 0.05) is 0 Å². The molecule has 0 heterocycles. The summed E-state index contributed by atoms with van der Waals surface area (Å²) < 4.78 is -0.155. The molecule has 0 fully saturated rings. The molecule has 0 saturated carbocycles. The second-order valence-corrected chi connectivity index (χ2v) is 6.93. The van der Waals surface area contributed by atoms with E-state index in [-0.39, 0.29) is 4.46 Å². The second kappa shape index (κ2) is 4.15. The van der Waals surface area contributed by atoms with E-state index < -0.39 is 9.52 Å². The third kappa shape index (κ3) is 3.28. The van der Waals surface area contributed by atoms with E-state index in [9.17, 15) is 0 Å². The Balaban J connectivity index is 2.66. The van der Waals surface area contributed by atoms with E-state index in [0.717, 1.165) is 0 Å². The number of alkyl halides is 2. The van der Waals surface area contributed by atoms with Gasteiger partial charge < -0.3 is 0 Å². The molecule has 3 heteroatoms. The molecule has 60 valence electrons. The molecule has 0 aromatic heterocycles. The molecule has 0 unspecified atom stereocenters. The van der Waals surface area contributed by atoms with E-state index in [4.69, 9.17) is 23.2 Å². The van der Waals surface area contributed by atoms with E-state index in [1.165, 1.54) is 10.8 Å². The Hall–Kier alpha value is 0.0169. The highest BCUT2D eigenvalue weighted by Crippen LogP contribution is 1.99. The molecule has 0 spiro atoms. The molecule has 1 aromatic rings. The van der Waals surface area contributed by atoms with Crippen molar-refractivity contribution in [3.05, 3.63) is 29.8 Å². The maximum Gasteiger partial charge on any atom is 0.0957 e. The van der Waals surface area contributed by atoms with Gasteiger partial charge in [0.1, 0.15) is 0 Å². The minimum absolute atomic E-state index is 0.155. The standard InChI is InChI=1S/C8H10Cl2Si/c1-6-2-4-7(5-3-6)11-8(9)10/h2-5,8H,11H2,1H3. The molecule has 0 aliphatic heterocycles. The number of rotatable bonds is 2. The van der Waals surface area contributed by atoms with Crippen molar-refractivity contribution in [1.82, 2.24) is 0 Å². The Morgan fingerprint density at radius 2 is 1.73 bits per heavy atom. The third-order valence-electron chi connectivity index (χ3n) is 1.51. The largest absolute Gasteiger partial charge is 0.110 e. The van der Waals surface area contributed by atoms with Gasteiger partial charge >= 0.3 is 0 Å². The van der Waals surface area contributed by atoms with Crippen LogP contribution in [-0.2, 0) is 0 Å². The third-order valence-corrected chi connectivity index (χ3v) is 3.69. The minimum Gasteiger partial charge on any atom is -0.110 e. The SMILES string of the molecule is Cc1ccc([SiH2]C(Cl)Cl)cc1. The topological polar surface area (TPSA) is 0 Å². The molecule has 0 bridgehead atoms. The molecule has 1 rings (SSSR count). The molecule has 0 amide bonds. The van der Waals surface area contributed by atoms with Crippen LogP contribution in [-0.4, -0.2) is 14.0 Å². The van der Waals surface area contributed by atoms with Crippen LogP contribution < -0.4 is 5.19 Å². The fraction of sp³-hybridized carbons (Fsp3) is 0.250. The van der Waals surface area contributed by atoms with Gasteiger partial charge in [-0.25, -0.2) is 0 Å². The molecular formula is C8H10Cl2Si. The Morgan fingerprint density at radius 3 is 2.18 bits per heavy atom. The molecule has 0 radical (unpaired) electrons. The highest BCUT2D eigenvalue weighted by Gasteiger charge is 2.00. The first kappa shape index (κ1) is 9.11. The van der Waals surface area contributed by atoms with Crippen molar-refractivity contribution in [1.29, 1.82) is 0 Å². The van der Waals surface area contributed by atoms with Crippen molar-refractivity contribution >= 4 is 37.9 Å². The van der Waals surface area contributed by atoms with Crippen LogP contribution in [0.3, 0.4) is 0 Å². The molecular weight excluding hydrogens is 195 g/mol. The summed E-state index contributed by atoms with van der Waals surface area (Å²) in [6.45, 7) is 2.07. The fourth-order valence-electron chi connectivity index (χ4n) is 0.902. The van der Waals surface area contributed by atoms with Crippen molar-refractivity contribution < 1.29 is 0 Å². The summed E-state index contributed by atoms with van der Waals surface area (Å²) in [6.07, 6.45) is 0. The number of halogens is 2. The first-order valence-corrected chi connectivity index (χ1v) is 5.92. The monoisotopic (exact) mass is 204 g/mol. The van der Waals surface area contributed by atoms with E-state index in [1.807, 2.05) is 0 Å². The van der Waals surface area contributed by atoms with Crippen LogP contribution in [0.15, 0.2) is 24.3 Å². The molecule has 11 heavy (non-hydrogen) atoms. The van der Waals surface area contributed by atoms with Gasteiger partial charge in [-0.2, -0.15) is 0 Å². The van der Waals surface area contributed by atoms with Gasteiger partial charge in [0.05, 0.1) is 14.0 Å².